The summed E-state index contributed by atoms with van der Waals surface area (Å²) in [6.07, 6.45) is 6.52. The second-order valence-electron chi connectivity index (χ2n) is 8.27. The molecule has 2 aliphatic heterocycles. The number of halogens is 2. The van der Waals surface area contributed by atoms with Crippen LogP contribution in [0.1, 0.15) is 49.0 Å². The Hall–Kier alpha value is -1.92. The first-order valence-electron chi connectivity index (χ1n) is 9.54. The molecule has 1 aromatic rings. The van der Waals surface area contributed by atoms with Crippen molar-refractivity contribution in [3.8, 4) is 5.88 Å². The quantitative estimate of drug-likeness (QED) is 0.807. The molecule has 4 aliphatic rings. The number of likely N-dealkylation sites (tertiary alicyclic amines) is 1. The van der Waals surface area contributed by atoms with E-state index in [-0.39, 0.29) is 24.5 Å². The number of amides is 1. The van der Waals surface area contributed by atoms with Crippen LogP contribution in [0.5, 0.6) is 5.88 Å². The summed E-state index contributed by atoms with van der Waals surface area (Å²) >= 11 is 0. The van der Waals surface area contributed by atoms with Gasteiger partial charge in [0, 0.05) is 12.1 Å². The number of rotatable bonds is 5. The van der Waals surface area contributed by atoms with Gasteiger partial charge in [-0.3, -0.25) is 4.79 Å². The number of carbonyl (C=O) groups excluding carboxylic acids is 1. The molecule has 0 radical (unpaired) electrons. The second kappa shape index (κ2) is 5.54. The van der Waals surface area contributed by atoms with Gasteiger partial charge < -0.3 is 14.5 Å². The van der Waals surface area contributed by atoms with Crippen LogP contribution in [0.2, 0.25) is 0 Å². The lowest BCUT2D eigenvalue weighted by atomic mass is 10.1. The SMILES string of the molecule is O=C(c1ccc(N2CC(F)(F)C2)c(OCC2CC2)n1)N1CCCC12CC2. The highest BCUT2D eigenvalue weighted by Gasteiger charge is 2.53. The first kappa shape index (κ1) is 16.3. The minimum atomic E-state index is -2.66. The van der Waals surface area contributed by atoms with Crippen molar-refractivity contribution in [2.24, 2.45) is 5.92 Å². The Morgan fingerprint density at radius 1 is 1.23 bits per heavy atom. The Kier molecular flexibility index (Phi) is 3.46. The van der Waals surface area contributed by atoms with Crippen molar-refractivity contribution in [2.75, 3.05) is 31.1 Å². The molecule has 2 saturated carbocycles. The first-order chi connectivity index (χ1) is 12.5. The van der Waals surface area contributed by atoms with Gasteiger partial charge in [0.1, 0.15) is 11.4 Å². The third-order valence-electron chi connectivity index (χ3n) is 6.07. The molecular weight excluding hydrogens is 340 g/mol. The maximum atomic E-state index is 13.3. The first-order valence-corrected chi connectivity index (χ1v) is 9.54. The molecule has 1 amide bonds. The van der Waals surface area contributed by atoms with Crippen molar-refractivity contribution in [1.82, 2.24) is 9.88 Å². The predicted octanol–water partition coefficient (Wildman–Crippen LogP) is 3.09. The maximum absolute atomic E-state index is 13.3. The molecule has 2 aliphatic carbocycles. The van der Waals surface area contributed by atoms with E-state index in [1.54, 1.807) is 17.0 Å². The lowest BCUT2D eigenvalue weighted by Crippen LogP contribution is -2.56. The molecule has 1 spiro atoms. The molecule has 0 N–H and O–H groups in total. The van der Waals surface area contributed by atoms with E-state index in [2.05, 4.69) is 4.98 Å². The number of nitrogens with zero attached hydrogens (tertiary/aromatic N) is 3. The van der Waals surface area contributed by atoms with E-state index in [9.17, 15) is 13.6 Å². The molecule has 0 unspecified atom stereocenters. The molecule has 5 rings (SSSR count). The van der Waals surface area contributed by atoms with Gasteiger partial charge in [0.2, 0.25) is 5.88 Å². The fourth-order valence-corrected chi connectivity index (χ4v) is 4.12. The maximum Gasteiger partial charge on any atom is 0.282 e. The number of hydrogen-bond donors (Lipinski definition) is 0. The van der Waals surface area contributed by atoms with Crippen LogP contribution in [0.25, 0.3) is 0 Å². The number of aromatic nitrogens is 1. The van der Waals surface area contributed by atoms with Crippen molar-refractivity contribution < 1.29 is 18.3 Å². The minimum Gasteiger partial charge on any atom is -0.476 e. The van der Waals surface area contributed by atoms with Gasteiger partial charge in [0.15, 0.2) is 0 Å². The highest BCUT2D eigenvalue weighted by Crippen LogP contribution is 2.50. The predicted molar refractivity (Wildman–Crippen MR) is 91.9 cm³/mol. The number of pyridine rings is 1. The number of hydrogen-bond acceptors (Lipinski definition) is 4. The zero-order valence-corrected chi connectivity index (χ0v) is 14.7. The lowest BCUT2D eigenvalue weighted by Gasteiger charge is -2.40. The summed E-state index contributed by atoms with van der Waals surface area (Å²) in [5, 5.41) is 0. The average Bonchev–Trinajstić information content (AvgIpc) is 3.49. The Bertz CT molecular complexity index is 738. The summed E-state index contributed by atoms with van der Waals surface area (Å²) in [6.45, 7) is 0.669. The smallest absolute Gasteiger partial charge is 0.282 e. The second-order valence-corrected chi connectivity index (χ2v) is 8.27. The summed E-state index contributed by atoms with van der Waals surface area (Å²) in [5.74, 6) is -1.87. The van der Waals surface area contributed by atoms with E-state index in [1.807, 2.05) is 4.90 Å². The van der Waals surface area contributed by atoms with Crippen LogP contribution in [0.4, 0.5) is 14.5 Å². The van der Waals surface area contributed by atoms with Gasteiger partial charge in [0.05, 0.1) is 19.7 Å². The van der Waals surface area contributed by atoms with Crippen LogP contribution in [0, 0.1) is 5.92 Å². The zero-order chi connectivity index (χ0) is 17.9. The summed E-state index contributed by atoms with van der Waals surface area (Å²) in [6, 6.07) is 3.37. The topological polar surface area (TPSA) is 45.7 Å². The Balaban J connectivity index is 1.39. The molecule has 2 saturated heterocycles. The van der Waals surface area contributed by atoms with Crippen LogP contribution in [0.15, 0.2) is 12.1 Å². The molecular formula is C19H23F2N3O2. The molecule has 5 nitrogen and oxygen atoms in total. The molecule has 140 valence electrons. The van der Waals surface area contributed by atoms with Crippen LogP contribution in [0.3, 0.4) is 0 Å². The van der Waals surface area contributed by atoms with Gasteiger partial charge in [-0.15, -0.1) is 0 Å². The average molecular weight is 363 g/mol. The highest BCUT2D eigenvalue weighted by atomic mass is 19.3. The lowest BCUT2D eigenvalue weighted by molar-refractivity contribution is -0.0265. The summed E-state index contributed by atoms with van der Waals surface area (Å²) in [7, 11) is 0. The van der Waals surface area contributed by atoms with Crippen molar-refractivity contribution in [3.05, 3.63) is 17.8 Å². The Morgan fingerprint density at radius 3 is 2.65 bits per heavy atom. The summed E-state index contributed by atoms with van der Waals surface area (Å²) in [4.78, 5) is 20.9. The monoisotopic (exact) mass is 363 g/mol. The van der Waals surface area contributed by atoms with Crippen LogP contribution < -0.4 is 9.64 Å². The van der Waals surface area contributed by atoms with Gasteiger partial charge in [-0.05, 0) is 56.6 Å². The normalized spacial score (nSPS) is 25.3. The minimum absolute atomic E-state index is 0.0586. The number of anilines is 1. The highest BCUT2D eigenvalue weighted by molar-refractivity contribution is 5.94. The van der Waals surface area contributed by atoms with Gasteiger partial charge in [-0.1, -0.05) is 0 Å². The largest absolute Gasteiger partial charge is 0.476 e. The number of alkyl halides is 2. The van der Waals surface area contributed by atoms with E-state index in [1.165, 1.54) is 0 Å². The third kappa shape index (κ3) is 2.81. The van der Waals surface area contributed by atoms with E-state index in [4.69, 9.17) is 4.74 Å². The molecule has 0 atom stereocenters. The van der Waals surface area contributed by atoms with Gasteiger partial charge in [-0.2, -0.15) is 0 Å². The summed E-state index contributed by atoms with van der Waals surface area (Å²) < 4.78 is 32.4. The van der Waals surface area contributed by atoms with Crippen molar-refractivity contribution in [1.29, 1.82) is 0 Å². The number of carbonyl (C=O) groups is 1. The van der Waals surface area contributed by atoms with Crippen molar-refractivity contribution >= 4 is 11.6 Å². The van der Waals surface area contributed by atoms with E-state index in [0.717, 1.165) is 45.1 Å². The van der Waals surface area contributed by atoms with Crippen LogP contribution in [-0.4, -0.2) is 53.5 Å². The van der Waals surface area contributed by atoms with Gasteiger partial charge in [-0.25, -0.2) is 13.8 Å². The molecule has 0 aromatic carbocycles. The van der Waals surface area contributed by atoms with E-state index >= 15 is 0 Å². The Morgan fingerprint density at radius 2 is 2.00 bits per heavy atom. The fraction of sp³-hybridized carbons (Fsp3) is 0.684. The van der Waals surface area contributed by atoms with Crippen LogP contribution in [-0.2, 0) is 0 Å². The molecule has 4 fully saturated rings. The van der Waals surface area contributed by atoms with Crippen LogP contribution >= 0.6 is 0 Å². The van der Waals surface area contributed by atoms with E-state index < -0.39 is 5.92 Å². The van der Waals surface area contributed by atoms with Gasteiger partial charge in [0.25, 0.3) is 11.8 Å². The molecule has 7 heteroatoms. The number of ether oxygens (including phenoxy) is 1. The summed E-state index contributed by atoms with van der Waals surface area (Å²) in [5.41, 5.74) is 0.988. The molecule has 3 heterocycles. The molecule has 0 bridgehead atoms. The fourth-order valence-electron chi connectivity index (χ4n) is 4.12. The van der Waals surface area contributed by atoms with E-state index in [0.29, 0.717) is 29.8 Å². The zero-order valence-electron chi connectivity index (χ0n) is 14.7. The standard InChI is InChI=1S/C19H23F2N3O2/c20-19(21)11-23(12-19)15-5-4-14(22-16(15)26-10-13-2-3-13)17(25)24-9-1-6-18(24)7-8-18/h4-5,13H,1-3,6-12H2. The third-order valence-corrected chi connectivity index (χ3v) is 6.07. The Labute approximate surface area is 151 Å². The molecule has 26 heavy (non-hydrogen) atoms. The molecule has 1 aromatic heterocycles. The van der Waals surface area contributed by atoms with Crippen molar-refractivity contribution in [2.45, 2.75) is 50.0 Å². The van der Waals surface area contributed by atoms with Crippen molar-refractivity contribution in [3.63, 3.8) is 0 Å². The van der Waals surface area contributed by atoms with Gasteiger partial charge >= 0.3 is 0 Å².